The lowest BCUT2D eigenvalue weighted by molar-refractivity contribution is 0.564. The van der Waals surface area contributed by atoms with Gasteiger partial charge in [-0.2, -0.15) is 0 Å². The van der Waals surface area contributed by atoms with Gasteiger partial charge in [0.25, 0.3) is 0 Å². The average Bonchev–Trinajstić information content (AvgIpc) is 2.76. The van der Waals surface area contributed by atoms with E-state index in [9.17, 15) is 0 Å². The molecule has 0 saturated carbocycles. The van der Waals surface area contributed by atoms with Crippen molar-refractivity contribution in [1.29, 1.82) is 0 Å². The summed E-state index contributed by atoms with van der Waals surface area (Å²) in [5.41, 5.74) is 1.29. The molecule has 1 atom stereocenters. The molecule has 2 aromatic rings. The molecular weight excluding hydrogens is 292 g/mol. The quantitative estimate of drug-likeness (QED) is 0.922. The highest BCUT2D eigenvalue weighted by molar-refractivity contribution is 9.10. The Balaban J connectivity index is 1.83. The van der Waals surface area contributed by atoms with Crippen LogP contribution in [0.15, 0.2) is 35.1 Å². The smallest absolute Gasteiger partial charge is 0.133 e. The van der Waals surface area contributed by atoms with Gasteiger partial charge in [-0.05, 0) is 24.6 Å². The van der Waals surface area contributed by atoms with Crippen LogP contribution in [0.2, 0.25) is 0 Å². The second-order valence-electron chi connectivity index (χ2n) is 4.34. The van der Waals surface area contributed by atoms with Crippen LogP contribution < -0.4 is 5.32 Å². The topological polar surface area (TPSA) is 42.7 Å². The molecule has 0 aliphatic carbocycles. The molecule has 0 radical (unpaired) electrons. The summed E-state index contributed by atoms with van der Waals surface area (Å²) in [7, 11) is 1.97. The molecule has 1 aromatic carbocycles. The highest BCUT2D eigenvalue weighted by Crippen LogP contribution is 2.16. The number of hydrogen-bond donors (Lipinski definition) is 1. The lowest BCUT2D eigenvalue weighted by Gasteiger charge is -2.14. The van der Waals surface area contributed by atoms with E-state index >= 15 is 0 Å². The van der Waals surface area contributed by atoms with Crippen LogP contribution in [0.4, 0.5) is 0 Å². The van der Waals surface area contributed by atoms with Crippen LogP contribution in [0.5, 0.6) is 0 Å². The van der Waals surface area contributed by atoms with E-state index in [0.717, 1.165) is 23.3 Å². The molecular formula is C13H17BrN4. The van der Waals surface area contributed by atoms with E-state index in [1.807, 2.05) is 11.6 Å². The number of aromatic nitrogens is 3. The van der Waals surface area contributed by atoms with Crippen molar-refractivity contribution in [2.75, 3.05) is 6.54 Å². The first kappa shape index (κ1) is 13.2. The second-order valence-corrected chi connectivity index (χ2v) is 5.25. The van der Waals surface area contributed by atoms with Gasteiger partial charge in [-0.3, -0.25) is 0 Å². The first-order valence-electron chi connectivity index (χ1n) is 5.98. The third kappa shape index (κ3) is 3.40. The first-order chi connectivity index (χ1) is 8.66. The molecule has 5 heteroatoms. The summed E-state index contributed by atoms with van der Waals surface area (Å²) >= 11 is 3.44. The molecule has 1 aromatic heterocycles. The van der Waals surface area contributed by atoms with E-state index in [1.54, 1.807) is 6.33 Å². The second kappa shape index (κ2) is 6.11. The monoisotopic (exact) mass is 308 g/mol. The molecule has 1 N–H and O–H groups in total. The molecule has 18 heavy (non-hydrogen) atoms. The van der Waals surface area contributed by atoms with Crippen molar-refractivity contribution >= 4 is 15.9 Å². The van der Waals surface area contributed by atoms with Crippen molar-refractivity contribution in [2.45, 2.75) is 19.4 Å². The van der Waals surface area contributed by atoms with Gasteiger partial charge in [-0.15, -0.1) is 10.2 Å². The number of halogens is 1. The summed E-state index contributed by atoms with van der Waals surface area (Å²) in [6, 6.07) is 8.73. The predicted molar refractivity (Wildman–Crippen MR) is 75.3 cm³/mol. The summed E-state index contributed by atoms with van der Waals surface area (Å²) in [5, 5.41) is 11.4. The highest BCUT2D eigenvalue weighted by atomic mass is 79.9. The molecule has 0 amide bonds. The Bertz CT molecular complexity index is 492. The van der Waals surface area contributed by atoms with Crippen molar-refractivity contribution in [1.82, 2.24) is 20.1 Å². The minimum absolute atomic E-state index is 0.339. The number of nitrogens with one attached hydrogen (secondary N) is 1. The Morgan fingerprint density at radius 3 is 2.67 bits per heavy atom. The van der Waals surface area contributed by atoms with Gasteiger partial charge in [-0.1, -0.05) is 28.1 Å². The third-order valence-electron chi connectivity index (χ3n) is 2.97. The standard InChI is InChI=1S/C13H17BrN4/c1-10(11-3-5-12(14)6-4-11)15-8-7-13-17-16-9-18(13)2/h3-6,9-10,15H,7-8H2,1-2H3. The van der Waals surface area contributed by atoms with Crippen molar-refractivity contribution in [2.24, 2.45) is 7.05 Å². The van der Waals surface area contributed by atoms with Gasteiger partial charge in [0.05, 0.1) is 0 Å². The van der Waals surface area contributed by atoms with E-state index in [1.165, 1.54) is 5.56 Å². The van der Waals surface area contributed by atoms with Gasteiger partial charge in [0.2, 0.25) is 0 Å². The van der Waals surface area contributed by atoms with Gasteiger partial charge in [0.15, 0.2) is 0 Å². The van der Waals surface area contributed by atoms with E-state index in [-0.39, 0.29) is 0 Å². The van der Waals surface area contributed by atoms with Gasteiger partial charge < -0.3 is 9.88 Å². The SMILES string of the molecule is CC(NCCc1nncn1C)c1ccc(Br)cc1. The molecule has 0 aliphatic rings. The number of rotatable bonds is 5. The summed E-state index contributed by atoms with van der Waals surface area (Å²) in [5.74, 6) is 1.01. The van der Waals surface area contributed by atoms with Crippen LogP contribution in [0.3, 0.4) is 0 Å². The van der Waals surface area contributed by atoms with Gasteiger partial charge in [0.1, 0.15) is 12.2 Å². The fourth-order valence-electron chi connectivity index (χ4n) is 1.80. The van der Waals surface area contributed by atoms with Gasteiger partial charge in [0, 0.05) is 30.5 Å². The van der Waals surface area contributed by atoms with Crippen LogP contribution in [0.1, 0.15) is 24.4 Å². The Morgan fingerprint density at radius 1 is 1.33 bits per heavy atom. The predicted octanol–water partition coefficient (Wildman–Crippen LogP) is 2.47. The first-order valence-corrected chi connectivity index (χ1v) is 6.78. The lowest BCUT2D eigenvalue weighted by Crippen LogP contribution is -2.22. The number of hydrogen-bond acceptors (Lipinski definition) is 3. The normalized spacial score (nSPS) is 12.6. The van der Waals surface area contributed by atoms with Gasteiger partial charge >= 0.3 is 0 Å². The van der Waals surface area contributed by atoms with Crippen molar-refractivity contribution in [3.63, 3.8) is 0 Å². The maximum Gasteiger partial charge on any atom is 0.133 e. The molecule has 1 unspecified atom stereocenters. The van der Waals surface area contributed by atoms with Gasteiger partial charge in [-0.25, -0.2) is 0 Å². The zero-order valence-corrected chi connectivity index (χ0v) is 12.2. The largest absolute Gasteiger partial charge is 0.321 e. The molecule has 4 nitrogen and oxygen atoms in total. The van der Waals surface area contributed by atoms with E-state index < -0.39 is 0 Å². The maximum absolute atomic E-state index is 4.06. The van der Waals surface area contributed by atoms with Crippen LogP contribution >= 0.6 is 15.9 Å². The Morgan fingerprint density at radius 2 is 2.06 bits per heavy atom. The summed E-state index contributed by atoms with van der Waals surface area (Å²) in [6.07, 6.45) is 2.62. The van der Waals surface area contributed by atoms with Crippen molar-refractivity contribution in [3.05, 3.63) is 46.5 Å². The highest BCUT2D eigenvalue weighted by Gasteiger charge is 2.05. The molecule has 1 heterocycles. The summed E-state index contributed by atoms with van der Waals surface area (Å²) in [6.45, 7) is 3.06. The van der Waals surface area contributed by atoms with Crippen LogP contribution in [-0.4, -0.2) is 21.3 Å². The number of benzene rings is 1. The van der Waals surface area contributed by atoms with Crippen LogP contribution in [0, 0.1) is 0 Å². The zero-order chi connectivity index (χ0) is 13.0. The van der Waals surface area contributed by atoms with Crippen LogP contribution in [-0.2, 0) is 13.5 Å². The lowest BCUT2D eigenvalue weighted by atomic mass is 10.1. The molecule has 0 bridgehead atoms. The van der Waals surface area contributed by atoms with Crippen molar-refractivity contribution in [3.8, 4) is 0 Å². The minimum Gasteiger partial charge on any atom is -0.321 e. The molecule has 2 rings (SSSR count). The molecule has 96 valence electrons. The summed E-state index contributed by atoms with van der Waals surface area (Å²) < 4.78 is 3.06. The minimum atomic E-state index is 0.339. The van der Waals surface area contributed by atoms with E-state index in [2.05, 4.69) is 62.6 Å². The van der Waals surface area contributed by atoms with E-state index in [4.69, 9.17) is 0 Å². The van der Waals surface area contributed by atoms with Crippen LogP contribution in [0.25, 0.3) is 0 Å². The molecule has 0 aliphatic heterocycles. The molecule has 0 saturated heterocycles. The van der Waals surface area contributed by atoms with E-state index in [0.29, 0.717) is 6.04 Å². The Labute approximate surface area is 116 Å². The molecule has 0 fully saturated rings. The van der Waals surface area contributed by atoms with Crippen molar-refractivity contribution < 1.29 is 0 Å². The molecule has 0 spiro atoms. The number of aryl methyl sites for hydroxylation is 1. The fraction of sp³-hybridized carbons (Fsp3) is 0.385. The number of nitrogens with zero attached hydrogens (tertiary/aromatic N) is 3. The Kier molecular flexibility index (Phi) is 4.49. The summed E-state index contributed by atoms with van der Waals surface area (Å²) in [4.78, 5) is 0. The maximum atomic E-state index is 4.06. The third-order valence-corrected chi connectivity index (χ3v) is 3.50. The Hall–Kier alpha value is -1.20. The average molecular weight is 309 g/mol. The zero-order valence-electron chi connectivity index (χ0n) is 10.6. The fourth-order valence-corrected chi connectivity index (χ4v) is 2.07.